The number of anilines is 1. The van der Waals surface area contributed by atoms with Crippen LogP contribution < -0.4 is 11.1 Å². The van der Waals surface area contributed by atoms with Crippen molar-refractivity contribution in [1.82, 2.24) is 0 Å². The largest absolute Gasteiger partial charge is 0.375 e. The maximum absolute atomic E-state index is 6.14. The summed E-state index contributed by atoms with van der Waals surface area (Å²) in [5.41, 5.74) is 6.76. The van der Waals surface area contributed by atoms with E-state index in [9.17, 15) is 0 Å². The maximum atomic E-state index is 6.14. The monoisotopic (exact) mass is 344 g/mol. The second kappa shape index (κ2) is 6.06. The highest BCUT2D eigenvalue weighted by Crippen LogP contribution is 2.33. The minimum Gasteiger partial charge on any atom is -0.375 e. The molecule has 5 heteroatoms. The van der Waals surface area contributed by atoms with Gasteiger partial charge in [-0.05, 0) is 41.1 Å². The standard InChI is InChI=1S/C13H14BrClN2S/c1-8-9(14)6-13(18-8)12(7-16)17-11-5-3-2-4-10(11)15/h2-6,12,17H,7,16H2,1H3. The number of thiophene rings is 1. The van der Waals surface area contributed by atoms with Crippen molar-refractivity contribution in [2.75, 3.05) is 11.9 Å². The van der Waals surface area contributed by atoms with Gasteiger partial charge in [-0.25, -0.2) is 0 Å². The Morgan fingerprint density at radius 3 is 2.72 bits per heavy atom. The van der Waals surface area contributed by atoms with E-state index < -0.39 is 0 Å². The second-order valence-corrected chi connectivity index (χ2v) is 6.51. The number of nitrogens with two attached hydrogens (primary N) is 1. The fraction of sp³-hybridized carbons (Fsp3) is 0.231. The Balaban J connectivity index is 2.22. The number of rotatable bonds is 4. The van der Waals surface area contributed by atoms with Crippen molar-refractivity contribution in [3.63, 3.8) is 0 Å². The second-order valence-electron chi connectivity index (χ2n) is 3.97. The highest BCUT2D eigenvalue weighted by molar-refractivity contribution is 9.10. The summed E-state index contributed by atoms with van der Waals surface area (Å²) in [7, 11) is 0. The summed E-state index contributed by atoms with van der Waals surface area (Å²) >= 11 is 11.4. The van der Waals surface area contributed by atoms with Gasteiger partial charge in [0, 0.05) is 20.8 Å². The highest BCUT2D eigenvalue weighted by Gasteiger charge is 2.14. The predicted molar refractivity (Wildman–Crippen MR) is 83.6 cm³/mol. The lowest BCUT2D eigenvalue weighted by Crippen LogP contribution is -2.19. The Kier molecular flexibility index (Phi) is 4.67. The van der Waals surface area contributed by atoms with Crippen molar-refractivity contribution in [3.8, 4) is 0 Å². The Morgan fingerprint density at radius 1 is 1.44 bits per heavy atom. The normalized spacial score (nSPS) is 12.4. The summed E-state index contributed by atoms with van der Waals surface area (Å²) in [6.45, 7) is 2.61. The molecule has 18 heavy (non-hydrogen) atoms. The van der Waals surface area contributed by atoms with Gasteiger partial charge in [0.2, 0.25) is 0 Å². The van der Waals surface area contributed by atoms with Gasteiger partial charge >= 0.3 is 0 Å². The van der Waals surface area contributed by atoms with Gasteiger partial charge in [0.25, 0.3) is 0 Å². The van der Waals surface area contributed by atoms with Crippen molar-refractivity contribution < 1.29 is 0 Å². The third-order valence-corrected chi connectivity index (χ3v) is 5.24. The molecule has 96 valence electrons. The zero-order valence-corrected chi connectivity index (χ0v) is 13.1. The van der Waals surface area contributed by atoms with E-state index in [0.29, 0.717) is 11.6 Å². The van der Waals surface area contributed by atoms with Gasteiger partial charge in [0.05, 0.1) is 16.8 Å². The third-order valence-electron chi connectivity index (χ3n) is 2.66. The van der Waals surface area contributed by atoms with Gasteiger partial charge in [-0.15, -0.1) is 11.3 Å². The Labute approximate surface area is 124 Å². The minimum atomic E-state index is 0.0832. The van der Waals surface area contributed by atoms with E-state index >= 15 is 0 Å². The van der Waals surface area contributed by atoms with Crippen LogP contribution in [0.25, 0.3) is 0 Å². The van der Waals surface area contributed by atoms with Crippen LogP contribution in [0.2, 0.25) is 5.02 Å². The molecule has 0 saturated carbocycles. The van der Waals surface area contributed by atoms with E-state index in [2.05, 4.69) is 34.2 Å². The molecule has 1 aromatic heterocycles. The molecule has 0 aliphatic heterocycles. The topological polar surface area (TPSA) is 38.0 Å². The van der Waals surface area contributed by atoms with Crippen LogP contribution >= 0.6 is 38.9 Å². The number of hydrogen-bond acceptors (Lipinski definition) is 3. The molecule has 2 nitrogen and oxygen atoms in total. The molecule has 1 heterocycles. The fourth-order valence-corrected chi connectivity index (χ4v) is 3.48. The third kappa shape index (κ3) is 3.06. The molecule has 0 radical (unpaired) electrons. The quantitative estimate of drug-likeness (QED) is 0.851. The van der Waals surface area contributed by atoms with E-state index in [0.717, 1.165) is 10.2 Å². The molecular weight excluding hydrogens is 332 g/mol. The highest BCUT2D eigenvalue weighted by atomic mass is 79.9. The van der Waals surface area contributed by atoms with Crippen LogP contribution in [0.1, 0.15) is 15.8 Å². The molecule has 1 atom stereocenters. The van der Waals surface area contributed by atoms with Gasteiger partial charge in [0.1, 0.15) is 0 Å². The van der Waals surface area contributed by atoms with E-state index in [4.69, 9.17) is 17.3 Å². The van der Waals surface area contributed by atoms with E-state index in [1.54, 1.807) is 11.3 Å². The summed E-state index contributed by atoms with van der Waals surface area (Å²) in [5, 5.41) is 4.10. The zero-order chi connectivity index (χ0) is 13.1. The predicted octanol–water partition coefficient (Wildman–Crippen LogP) is 4.58. The van der Waals surface area contributed by atoms with Crippen molar-refractivity contribution in [1.29, 1.82) is 0 Å². The summed E-state index contributed by atoms with van der Waals surface area (Å²) < 4.78 is 1.13. The number of para-hydroxylation sites is 1. The summed E-state index contributed by atoms with van der Waals surface area (Å²) in [5.74, 6) is 0. The molecule has 0 aliphatic carbocycles. The van der Waals surface area contributed by atoms with Crippen LogP contribution in [-0.4, -0.2) is 6.54 Å². The molecule has 2 rings (SSSR count). The molecule has 0 spiro atoms. The molecular formula is C13H14BrClN2S. The number of hydrogen-bond donors (Lipinski definition) is 2. The minimum absolute atomic E-state index is 0.0832. The molecule has 1 unspecified atom stereocenters. The van der Waals surface area contributed by atoms with Gasteiger partial charge in [-0.1, -0.05) is 23.7 Å². The first kappa shape index (κ1) is 13.9. The first-order valence-corrected chi connectivity index (χ1v) is 7.57. The van der Waals surface area contributed by atoms with E-state index in [-0.39, 0.29) is 6.04 Å². The molecule has 0 aliphatic rings. The Bertz CT molecular complexity index is 522. The van der Waals surface area contributed by atoms with E-state index in [1.165, 1.54) is 9.75 Å². The first-order valence-electron chi connectivity index (χ1n) is 5.58. The molecule has 2 aromatic rings. The lowest BCUT2D eigenvalue weighted by molar-refractivity contribution is 0.806. The smallest absolute Gasteiger partial charge is 0.0729 e. The number of nitrogens with one attached hydrogen (secondary N) is 1. The summed E-state index contributed by atoms with van der Waals surface area (Å²) in [6, 6.07) is 9.89. The fourth-order valence-electron chi connectivity index (χ4n) is 1.67. The maximum Gasteiger partial charge on any atom is 0.0729 e. The zero-order valence-electron chi connectivity index (χ0n) is 9.91. The van der Waals surface area contributed by atoms with Gasteiger partial charge in [-0.3, -0.25) is 0 Å². The van der Waals surface area contributed by atoms with Crippen LogP contribution in [0, 0.1) is 6.92 Å². The molecule has 0 saturated heterocycles. The average molecular weight is 346 g/mol. The molecule has 0 fully saturated rings. The van der Waals surface area contributed by atoms with Gasteiger partial charge in [0.15, 0.2) is 0 Å². The first-order chi connectivity index (χ1) is 8.61. The lowest BCUT2D eigenvalue weighted by atomic mass is 10.2. The summed E-state index contributed by atoms with van der Waals surface area (Å²) in [6.07, 6.45) is 0. The molecule has 3 N–H and O–H groups in total. The van der Waals surface area contributed by atoms with Crippen molar-refractivity contribution in [2.24, 2.45) is 5.73 Å². The average Bonchev–Trinajstić information content (AvgIpc) is 2.68. The van der Waals surface area contributed by atoms with Crippen LogP contribution in [0.4, 0.5) is 5.69 Å². The van der Waals surface area contributed by atoms with Crippen LogP contribution in [-0.2, 0) is 0 Å². The van der Waals surface area contributed by atoms with E-state index in [1.807, 2.05) is 24.3 Å². The SMILES string of the molecule is Cc1sc(C(CN)Nc2ccccc2Cl)cc1Br. The molecule has 0 amide bonds. The number of halogens is 2. The van der Waals surface area contributed by atoms with Gasteiger partial charge < -0.3 is 11.1 Å². The van der Waals surface area contributed by atoms with Crippen molar-refractivity contribution >= 4 is 44.6 Å². The Hall–Kier alpha value is -0.550. The number of aryl methyl sites for hydroxylation is 1. The molecule has 0 bridgehead atoms. The van der Waals surface area contributed by atoms with Crippen molar-refractivity contribution in [3.05, 3.63) is 49.6 Å². The summed E-state index contributed by atoms with van der Waals surface area (Å²) in [4.78, 5) is 2.46. The van der Waals surface area contributed by atoms with Crippen LogP contribution in [0.15, 0.2) is 34.8 Å². The number of benzene rings is 1. The van der Waals surface area contributed by atoms with Crippen molar-refractivity contribution in [2.45, 2.75) is 13.0 Å². The molecule has 1 aromatic carbocycles. The van der Waals surface area contributed by atoms with Crippen LogP contribution in [0.5, 0.6) is 0 Å². The van der Waals surface area contributed by atoms with Gasteiger partial charge in [-0.2, -0.15) is 0 Å². The Morgan fingerprint density at radius 2 is 2.17 bits per heavy atom. The van der Waals surface area contributed by atoms with Crippen LogP contribution in [0.3, 0.4) is 0 Å². The lowest BCUT2D eigenvalue weighted by Gasteiger charge is -2.17.